The van der Waals surface area contributed by atoms with Gasteiger partial charge in [-0.2, -0.15) is 4.57 Å². The van der Waals surface area contributed by atoms with Gasteiger partial charge in [-0.3, -0.25) is 0 Å². The molecular formula is C22H18F2N2OS. The second kappa shape index (κ2) is 8.27. The van der Waals surface area contributed by atoms with Crippen molar-refractivity contribution < 1.29 is 18.5 Å². The molecule has 0 aliphatic rings. The molecule has 2 aromatic carbocycles. The number of thiocarbonyl (C=S) groups is 1. The van der Waals surface area contributed by atoms with Gasteiger partial charge in [0.15, 0.2) is 17.4 Å². The minimum atomic E-state index is -0.793. The molecule has 0 amide bonds. The van der Waals surface area contributed by atoms with E-state index in [9.17, 15) is 13.9 Å². The molecule has 1 aromatic heterocycles. The Morgan fingerprint density at radius 2 is 1.68 bits per heavy atom. The van der Waals surface area contributed by atoms with E-state index in [-0.39, 0.29) is 22.1 Å². The molecule has 1 N–H and O–H groups in total. The van der Waals surface area contributed by atoms with Gasteiger partial charge < -0.3 is 10.4 Å². The van der Waals surface area contributed by atoms with E-state index in [1.807, 2.05) is 26.0 Å². The summed E-state index contributed by atoms with van der Waals surface area (Å²) in [7, 11) is 0. The lowest BCUT2D eigenvalue weighted by atomic mass is 10.0. The molecule has 0 saturated heterocycles. The van der Waals surface area contributed by atoms with Crippen LogP contribution in [0, 0.1) is 25.5 Å². The molecule has 0 bridgehead atoms. The average molecular weight is 396 g/mol. The number of nitrogens with one attached hydrogen (secondary N) is 1. The van der Waals surface area contributed by atoms with E-state index in [1.165, 1.54) is 6.07 Å². The lowest BCUT2D eigenvalue weighted by Crippen LogP contribution is -2.39. The summed E-state index contributed by atoms with van der Waals surface area (Å²) < 4.78 is 28.8. The van der Waals surface area contributed by atoms with Gasteiger partial charge >= 0.3 is 0 Å². The topological polar surface area (TPSA) is 39.0 Å². The number of hydrogen-bond acceptors (Lipinski definition) is 2. The van der Waals surface area contributed by atoms with Gasteiger partial charge in [-0.05, 0) is 48.4 Å². The minimum Gasteiger partial charge on any atom is -0.867 e. The van der Waals surface area contributed by atoms with Gasteiger partial charge in [0, 0.05) is 18.2 Å². The Kier molecular flexibility index (Phi) is 5.80. The van der Waals surface area contributed by atoms with Gasteiger partial charge in [-0.15, -0.1) is 0 Å². The fourth-order valence-corrected chi connectivity index (χ4v) is 2.99. The van der Waals surface area contributed by atoms with E-state index in [4.69, 9.17) is 12.2 Å². The van der Waals surface area contributed by atoms with Crippen molar-refractivity contribution in [1.29, 1.82) is 0 Å². The average Bonchev–Trinajstić information content (AvgIpc) is 2.67. The molecule has 0 aliphatic carbocycles. The highest BCUT2D eigenvalue weighted by Crippen LogP contribution is 2.21. The Labute approximate surface area is 167 Å². The monoisotopic (exact) mass is 396 g/mol. The Balaban J connectivity index is 2.08. The number of anilines is 1. The highest BCUT2D eigenvalue weighted by atomic mass is 32.1. The van der Waals surface area contributed by atoms with Crippen LogP contribution in [-0.2, 0) is 0 Å². The van der Waals surface area contributed by atoms with Crippen LogP contribution in [0.5, 0.6) is 0 Å². The lowest BCUT2D eigenvalue weighted by Gasteiger charge is -2.18. The highest BCUT2D eigenvalue weighted by Gasteiger charge is 2.20. The standard InChI is InChI=1S/C22H18F2N2OS/c1-14-6-7-16(12-15(14)2)21(27)20(26-10-4-3-5-11-26)22(28)25-19-9-8-17(23)13-18(19)24/h3-13H,1-2H3,(H-,25,27,28). The third kappa shape index (κ3) is 4.23. The molecule has 0 spiro atoms. The molecule has 6 heteroatoms. The molecule has 0 unspecified atom stereocenters. The van der Waals surface area contributed by atoms with Crippen LogP contribution in [0.15, 0.2) is 67.0 Å². The molecule has 3 rings (SSSR count). The van der Waals surface area contributed by atoms with E-state index < -0.39 is 11.6 Å². The zero-order chi connectivity index (χ0) is 20.3. The fourth-order valence-electron chi connectivity index (χ4n) is 2.68. The van der Waals surface area contributed by atoms with Crippen LogP contribution in [0.4, 0.5) is 14.5 Å². The summed E-state index contributed by atoms with van der Waals surface area (Å²) in [6, 6.07) is 13.8. The van der Waals surface area contributed by atoms with Crippen molar-refractivity contribution in [3.63, 3.8) is 0 Å². The molecular weight excluding hydrogens is 378 g/mol. The van der Waals surface area contributed by atoms with E-state index in [0.29, 0.717) is 5.56 Å². The highest BCUT2D eigenvalue weighted by molar-refractivity contribution is 7.81. The largest absolute Gasteiger partial charge is 0.867 e. The normalized spacial score (nSPS) is 11.7. The predicted molar refractivity (Wildman–Crippen MR) is 108 cm³/mol. The number of halogens is 2. The maximum Gasteiger partial charge on any atom is 0.238 e. The van der Waals surface area contributed by atoms with Crippen molar-refractivity contribution in [1.82, 2.24) is 0 Å². The SMILES string of the molecule is Cc1ccc(C([O-])=C(C(=S)Nc2ccc(F)cc2F)[n+]2ccccc2)cc1C. The van der Waals surface area contributed by atoms with Gasteiger partial charge in [-0.25, -0.2) is 8.78 Å². The van der Waals surface area contributed by atoms with Crippen molar-refractivity contribution in [3.8, 4) is 0 Å². The van der Waals surface area contributed by atoms with Gasteiger partial charge in [0.25, 0.3) is 0 Å². The molecule has 0 saturated carbocycles. The summed E-state index contributed by atoms with van der Waals surface area (Å²) in [4.78, 5) is 0.0323. The van der Waals surface area contributed by atoms with Crippen LogP contribution in [0.2, 0.25) is 0 Å². The first kappa shape index (κ1) is 19.6. The summed E-state index contributed by atoms with van der Waals surface area (Å²) in [5.74, 6) is -1.79. The van der Waals surface area contributed by atoms with Crippen LogP contribution < -0.4 is 15.0 Å². The van der Waals surface area contributed by atoms with Crippen LogP contribution in [-0.4, -0.2) is 4.99 Å². The molecule has 0 aliphatic heterocycles. The fraction of sp³-hybridized carbons (Fsp3) is 0.0909. The van der Waals surface area contributed by atoms with E-state index in [2.05, 4.69) is 5.32 Å². The third-order valence-electron chi connectivity index (χ3n) is 4.35. The Bertz CT molecular complexity index is 1070. The summed E-state index contributed by atoms with van der Waals surface area (Å²) in [5.41, 5.74) is 2.68. The smallest absolute Gasteiger partial charge is 0.238 e. The summed E-state index contributed by atoms with van der Waals surface area (Å²) in [6.45, 7) is 3.88. The number of nitrogens with zero attached hydrogens (tertiary/aromatic N) is 1. The van der Waals surface area contributed by atoms with Crippen molar-refractivity contribution >= 4 is 34.3 Å². The molecule has 0 atom stereocenters. The molecule has 3 aromatic rings. The van der Waals surface area contributed by atoms with Crippen LogP contribution in [0.25, 0.3) is 11.5 Å². The maximum atomic E-state index is 14.0. The molecule has 142 valence electrons. The van der Waals surface area contributed by atoms with Crippen molar-refractivity contribution in [2.75, 3.05) is 5.32 Å². The van der Waals surface area contributed by atoms with Crippen molar-refractivity contribution in [2.45, 2.75) is 13.8 Å². The zero-order valence-corrected chi connectivity index (χ0v) is 16.2. The van der Waals surface area contributed by atoms with Crippen molar-refractivity contribution in [3.05, 3.63) is 95.3 Å². The number of pyridine rings is 1. The van der Waals surface area contributed by atoms with Crippen LogP contribution in [0.3, 0.4) is 0 Å². The van der Waals surface area contributed by atoms with Gasteiger partial charge in [0.1, 0.15) is 11.6 Å². The van der Waals surface area contributed by atoms with E-state index >= 15 is 0 Å². The number of benzene rings is 2. The van der Waals surface area contributed by atoms with Crippen LogP contribution >= 0.6 is 12.2 Å². The summed E-state index contributed by atoms with van der Waals surface area (Å²) >= 11 is 5.42. The molecule has 1 heterocycles. The zero-order valence-electron chi connectivity index (χ0n) is 15.4. The Morgan fingerprint density at radius 1 is 0.964 bits per heavy atom. The molecule has 0 fully saturated rings. The van der Waals surface area contributed by atoms with E-state index in [1.54, 1.807) is 41.2 Å². The van der Waals surface area contributed by atoms with Gasteiger partial charge in [-0.1, -0.05) is 36.5 Å². The van der Waals surface area contributed by atoms with E-state index in [0.717, 1.165) is 23.3 Å². The molecule has 3 nitrogen and oxygen atoms in total. The minimum absolute atomic E-state index is 0.00619. The number of aryl methyl sites for hydroxylation is 2. The first-order chi connectivity index (χ1) is 13.4. The summed E-state index contributed by atoms with van der Waals surface area (Å²) in [6.07, 6.45) is 3.37. The summed E-state index contributed by atoms with van der Waals surface area (Å²) in [5, 5.41) is 16.0. The first-order valence-corrected chi connectivity index (χ1v) is 8.99. The number of hydrogen-bond donors (Lipinski definition) is 1. The maximum absolute atomic E-state index is 14.0. The predicted octanol–water partition coefficient (Wildman–Crippen LogP) is 3.99. The second-order valence-electron chi connectivity index (χ2n) is 6.34. The Hall–Kier alpha value is -3.12. The number of rotatable bonds is 4. The second-order valence-corrected chi connectivity index (χ2v) is 6.75. The molecule has 0 radical (unpaired) electrons. The third-order valence-corrected chi connectivity index (χ3v) is 4.65. The first-order valence-electron chi connectivity index (χ1n) is 8.59. The number of aromatic nitrogens is 1. The lowest BCUT2D eigenvalue weighted by molar-refractivity contribution is -0.577. The van der Waals surface area contributed by atoms with Crippen LogP contribution in [0.1, 0.15) is 16.7 Å². The Morgan fingerprint density at radius 3 is 2.32 bits per heavy atom. The quantitative estimate of drug-likeness (QED) is 0.314. The van der Waals surface area contributed by atoms with Gasteiger partial charge in [0.05, 0.1) is 5.69 Å². The van der Waals surface area contributed by atoms with Crippen molar-refractivity contribution in [2.24, 2.45) is 0 Å². The molecule has 28 heavy (non-hydrogen) atoms. The van der Waals surface area contributed by atoms with Gasteiger partial charge in [0.2, 0.25) is 5.70 Å².